The van der Waals surface area contributed by atoms with Crippen molar-refractivity contribution in [3.8, 4) is 0 Å². The van der Waals surface area contributed by atoms with E-state index in [2.05, 4.69) is 20.1 Å². The predicted molar refractivity (Wildman–Crippen MR) is 112 cm³/mol. The molecule has 1 fully saturated rings. The molecule has 148 valence electrons. The Morgan fingerprint density at radius 3 is 1.32 bits per heavy atom. The third-order valence-corrected chi connectivity index (χ3v) is 5.10. The van der Waals surface area contributed by atoms with Crippen molar-refractivity contribution in [3.05, 3.63) is 71.8 Å². The van der Waals surface area contributed by atoms with Crippen LogP contribution in [0.25, 0.3) is 0 Å². The van der Waals surface area contributed by atoms with E-state index < -0.39 is 0 Å². The van der Waals surface area contributed by atoms with Gasteiger partial charge in [-0.3, -0.25) is 9.80 Å². The molecule has 0 atom stereocenters. The van der Waals surface area contributed by atoms with Gasteiger partial charge in [0.2, 0.25) is 0 Å². The summed E-state index contributed by atoms with van der Waals surface area (Å²) in [5, 5.41) is 25.9. The number of benzene rings is 2. The van der Waals surface area contributed by atoms with E-state index in [1.807, 2.05) is 60.7 Å². The van der Waals surface area contributed by atoms with E-state index in [9.17, 15) is 10.4 Å². The SMILES string of the molecule is O/N=C(/CN1CCCN(C/C(=N/O)c2ccccc2)CCC1)c1ccccc1. The monoisotopic (exact) mass is 380 g/mol. The quantitative estimate of drug-likeness (QED) is 0.459. The van der Waals surface area contributed by atoms with Gasteiger partial charge in [0.1, 0.15) is 11.4 Å². The van der Waals surface area contributed by atoms with Gasteiger partial charge in [0.15, 0.2) is 0 Å². The lowest BCUT2D eigenvalue weighted by Gasteiger charge is -2.30. The first-order chi connectivity index (χ1) is 13.8. The minimum atomic E-state index is 0.647. The van der Waals surface area contributed by atoms with Crippen molar-refractivity contribution in [2.24, 2.45) is 10.3 Å². The molecular weight excluding hydrogens is 352 g/mol. The van der Waals surface area contributed by atoms with Crippen LogP contribution in [0.1, 0.15) is 24.0 Å². The zero-order chi connectivity index (χ0) is 19.6. The lowest BCUT2D eigenvalue weighted by atomic mass is 10.1. The number of hydrogen-bond acceptors (Lipinski definition) is 6. The van der Waals surface area contributed by atoms with Gasteiger partial charge < -0.3 is 10.4 Å². The second kappa shape index (κ2) is 10.6. The summed E-state index contributed by atoms with van der Waals surface area (Å²) in [5.74, 6) is 0. The fourth-order valence-electron chi connectivity index (χ4n) is 3.62. The van der Waals surface area contributed by atoms with E-state index >= 15 is 0 Å². The second-order valence-electron chi connectivity index (χ2n) is 7.08. The highest BCUT2D eigenvalue weighted by molar-refractivity contribution is 6.02. The van der Waals surface area contributed by atoms with Crippen LogP contribution in [0.5, 0.6) is 0 Å². The molecule has 0 bridgehead atoms. The highest BCUT2D eigenvalue weighted by Crippen LogP contribution is 2.10. The molecule has 0 saturated carbocycles. The molecule has 2 aromatic rings. The largest absolute Gasteiger partial charge is 0.411 e. The summed E-state index contributed by atoms with van der Waals surface area (Å²) in [4.78, 5) is 4.69. The molecule has 1 saturated heterocycles. The van der Waals surface area contributed by atoms with E-state index in [0.717, 1.165) is 50.1 Å². The summed E-state index contributed by atoms with van der Waals surface area (Å²) in [6.45, 7) is 5.07. The standard InChI is InChI=1S/C22H28N4O2/c27-23-21(19-9-3-1-4-10-19)17-25-13-7-15-26(16-8-14-25)18-22(24-28)20-11-5-2-6-12-20/h1-6,9-12,27-28H,7-8,13-18H2/b23-21-,24-22-. The molecule has 0 spiro atoms. The fourth-order valence-corrected chi connectivity index (χ4v) is 3.62. The lowest BCUT2D eigenvalue weighted by molar-refractivity contribution is 0.207. The minimum absolute atomic E-state index is 0.647. The van der Waals surface area contributed by atoms with Gasteiger partial charge in [-0.25, -0.2) is 0 Å². The van der Waals surface area contributed by atoms with E-state index in [0.29, 0.717) is 24.5 Å². The van der Waals surface area contributed by atoms with E-state index in [4.69, 9.17) is 0 Å². The maximum Gasteiger partial charge on any atom is 0.101 e. The van der Waals surface area contributed by atoms with Crippen LogP contribution in [0.2, 0.25) is 0 Å². The molecule has 6 heteroatoms. The maximum absolute atomic E-state index is 9.43. The Hall–Kier alpha value is -2.70. The number of oxime groups is 2. The highest BCUT2D eigenvalue weighted by atomic mass is 16.4. The van der Waals surface area contributed by atoms with Gasteiger partial charge in [-0.05, 0) is 39.0 Å². The number of rotatable bonds is 6. The van der Waals surface area contributed by atoms with Gasteiger partial charge in [-0.1, -0.05) is 71.0 Å². The van der Waals surface area contributed by atoms with E-state index in [1.165, 1.54) is 0 Å². The summed E-state index contributed by atoms with van der Waals surface area (Å²) in [7, 11) is 0. The molecule has 0 aliphatic carbocycles. The molecule has 0 amide bonds. The summed E-state index contributed by atoms with van der Waals surface area (Å²) in [5.41, 5.74) is 3.33. The third-order valence-electron chi connectivity index (χ3n) is 5.10. The van der Waals surface area contributed by atoms with Crippen LogP contribution in [0.4, 0.5) is 0 Å². The molecule has 2 aromatic carbocycles. The molecule has 6 nitrogen and oxygen atoms in total. The highest BCUT2D eigenvalue weighted by Gasteiger charge is 2.17. The van der Waals surface area contributed by atoms with Gasteiger partial charge in [0.05, 0.1) is 0 Å². The first-order valence-corrected chi connectivity index (χ1v) is 9.77. The van der Waals surface area contributed by atoms with Crippen molar-refractivity contribution in [1.82, 2.24) is 9.80 Å². The van der Waals surface area contributed by atoms with Crippen LogP contribution >= 0.6 is 0 Å². The Morgan fingerprint density at radius 2 is 1.00 bits per heavy atom. The molecule has 28 heavy (non-hydrogen) atoms. The van der Waals surface area contributed by atoms with Crippen molar-refractivity contribution < 1.29 is 10.4 Å². The van der Waals surface area contributed by atoms with Gasteiger partial charge >= 0.3 is 0 Å². The van der Waals surface area contributed by atoms with Gasteiger partial charge in [-0.15, -0.1) is 0 Å². The van der Waals surface area contributed by atoms with E-state index in [-0.39, 0.29) is 0 Å². The van der Waals surface area contributed by atoms with Gasteiger partial charge in [0.25, 0.3) is 0 Å². The minimum Gasteiger partial charge on any atom is -0.411 e. The molecule has 1 heterocycles. The maximum atomic E-state index is 9.43. The predicted octanol–water partition coefficient (Wildman–Crippen LogP) is 3.14. The third kappa shape index (κ3) is 5.65. The van der Waals surface area contributed by atoms with E-state index in [1.54, 1.807) is 0 Å². The summed E-state index contributed by atoms with van der Waals surface area (Å²) >= 11 is 0. The summed E-state index contributed by atoms with van der Waals surface area (Å²) in [6, 6.07) is 19.6. The second-order valence-corrected chi connectivity index (χ2v) is 7.08. The van der Waals surface area contributed by atoms with Crippen LogP contribution in [0, 0.1) is 0 Å². The van der Waals surface area contributed by atoms with Crippen LogP contribution < -0.4 is 0 Å². The molecular formula is C22H28N4O2. The van der Waals surface area contributed by atoms with Gasteiger partial charge in [0, 0.05) is 24.2 Å². The lowest BCUT2D eigenvalue weighted by Crippen LogP contribution is -2.40. The summed E-state index contributed by atoms with van der Waals surface area (Å²) < 4.78 is 0. The Kier molecular flexibility index (Phi) is 7.58. The Balaban J connectivity index is 1.53. The molecule has 0 unspecified atom stereocenters. The Morgan fingerprint density at radius 1 is 0.643 bits per heavy atom. The van der Waals surface area contributed by atoms with Crippen LogP contribution in [0.15, 0.2) is 71.0 Å². The van der Waals surface area contributed by atoms with Gasteiger partial charge in [-0.2, -0.15) is 0 Å². The normalized spacial score (nSPS) is 17.9. The van der Waals surface area contributed by atoms with Crippen molar-refractivity contribution in [3.63, 3.8) is 0 Å². The molecule has 1 aliphatic rings. The average molecular weight is 380 g/mol. The Bertz CT molecular complexity index is 702. The first kappa shape index (κ1) is 20.0. The molecule has 0 radical (unpaired) electrons. The van der Waals surface area contributed by atoms with Crippen LogP contribution in [0.3, 0.4) is 0 Å². The van der Waals surface area contributed by atoms with Crippen molar-refractivity contribution in [1.29, 1.82) is 0 Å². The molecule has 3 rings (SSSR count). The zero-order valence-electron chi connectivity index (χ0n) is 16.1. The first-order valence-electron chi connectivity index (χ1n) is 9.77. The van der Waals surface area contributed by atoms with Crippen LogP contribution in [-0.2, 0) is 0 Å². The summed E-state index contributed by atoms with van der Waals surface area (Å²) in [6.07, 6.45) is 2.03. The van der Waals surface area contributed by atoms with Crippen molar-refractivity contribution in [2.75, 3.05) is 39.3 Å². The molecule has 0 aromatic heterocycles. The molecule has 2 N–H and O–H groups in total. The average Bonchev–Trinajstić information content (AvgIpc) is 2.73. The zero-order valence-corrected chi connectivity index (χ0v) is 16.1. The van der Waals surface area contributed by atoms with Crippen LogP contribution in [-0.4, -0.2) is 70.9 Å². The van der Waals surface area contributed by atoms with Crippen molar-refractivity contribution in [2.45, 2.75) is 12.8 Å². The topological polar surface area (TPSA) is 71.7 Å². The molecule has 1 aliphatic heterocycles. The number of nitrogens with zero attached hydrogens (tertiary/aromatic N) is 4. The number of hydrogen-bond donors (Lipinski definition) is 2. The Labute approximate surface area is 166 Å². The fraction of sp³-hybridized carbons (Fsp3) is 0.364. The smallest absolute Gasteiger partial charge is 0.101 e. The van der Waals surface area contributed by atoms with Crippen molar-refractivity contribution >= 4 is 11.4 Å².